The van der Waals surface area contributed by atoms with Crippen molar-refractivity contribution in [2.24, 2.45) is 0 Å². The lowest BCUT2D eigenvalue weighted by atomic mass is 10.2. The van der Waals surface area contributed by atoms with E-state index in [1.165, 1.54) is 0 Å². The fourth-order valence-corrected chi connectivity index (χ4v) is 3.14. The van der Waals surface area contributed by atoms with Crippen molar-refractivity contribution in [3.63, 3.8) is 0 Å². The van der Waals surface area contributed by atoms with Gasteiger partial charge in [-0.15, -0.1) is 0 Å². The van der Waals surface area contributed by atoms with Gasteiger partial charge in [0.1, 0.15) is 0 Å². The predicted molar refractivity (Wildman–Crippen MR) is 98.1 cm³/mol. The summed E-state index contributed by atoms with van der Waals surface area (Å²) in [7, 11) is 0. The normalized spacial score (nSPS) is 18.1. The van der Waals surface area contributed by atoms with Gasteiger partial charge in [0.2, 0.25) is 5.91 Å². The fraction of sp³-hybridized carbons (Fsp3) is 0.500. The molecule has 8 heteroatoms. The Morgan fingerprint density at radius 1 is 1.12 bits per heavy atom. The van der Waals surface area contributed by atoms with Crippen molar-refractivity contribution in [2.45, 2.75) is 25.3 Å². The summed E-state index contributed by atoms with van der Waals surface area (Å²) in [4.78, 5) is 40.0. The highest BCUT2D eigenvalue weighted by molar-refractivity contribution is 6.30. The number of rotatable bonds is 4. The van der Waals surface area contributed by atoms with Gasteiger partial charge in [0.15, 0.2) is 0 Å². The Labute approximate surface area is 157 Å². The summed E-state index contributed by atoms with van der Waals surface area (Å²) in [5.41, 5.74) is 0.570. The van der Waals surface area contributed by atoms with Gasteiger partial charge in [-0.05, 0) is 37.5 Å². The quantitative estimate of drug-likeness (QED) is 0.831. The summed E-state index contributed by atoms with van der Waals surface area (Å²) in [6, 6.07) is 6.70. The van der Waals surface area contributed by atoms with Gasteiger partial charge in [0.05, 0.1) is 6.54 Å². The maximum Gasteiger partial charge on any atom is 0.321 e. The first-order chi connectivity index (χ1) is 12.5. The third-order valence-corrected chi connectivity index (χ3v) is 4.72. The van der Waals surface area contributed by atoms with Crippen LogP contribution < -0.4 is 10.6 Å². The molecule has 2 aliphatic rings. The zero-order chi connectivity index (χ0) is 18.5. The Kier molecular flexibility index (Phi) is 6.11. The highest BCUT2D eigenvalue weighted by Crippen LogP contribution is 2.18. The monoisotopic (exact) mass is 378 g/mol. The summed E-state index contributed by atoms with van der Waals surface area (Å²) < 4.78 is 0. The number of urea groups is 1. The molecule has 2 N–H and O–H groups in total. The molecular formula is C18H23ClN4O3. The molecular weight excluding hydrogens is 356 g/mol. The minimum atomic E-state index is -0.426. The maximum absolute atomic E-state index is 12.6. The molecule has 0 spiro atoms. The van der Waals surface area contributed by atoms with Crippen LogP contribution in [0.2, 0.25) is 5.02 Å². The molecule has 0 bridgehead atoms. The van der Waals surface area contributed by atoms with Gasteiger partial charge in [-0.25, -0.2) is 4.79 Å². The van der Waals surface area contributed by atoms with E-state index in [2.05, 4.69) is 10.6 Å². The van der Waals surface area contributed by atoms with E-state index in [0.29, 0.717) is 36.8 Å². The largest absolute Gasteiger partial charge is 0.337 e. The predicted octanol–water partition coefficient (Wildman–Crippen LogP) is 1.48. The number of nitrogens with one attached hydrogen (secondary N) is 2. The molecule has 1 saturated heterocycles. The molecule has 0 aromatic heterocycles. The average Bonchev–Trinajstić information content (AvgIpc) is 3.41. The number of carbonyl (C=O) groups excluding carboxylic acids is 3. The van der Waals surface area contributed by atoms with Crippen molar-refractivity contribution >= 4 is 29.4 Å². The van der Waals surface area contributed by atoms with E-state index < -0.39 is 6.03 Å². The van der Waals surface area contributed by atoms with Crippen LogP contribution in [-0.4, -0.2) is 66.4 Å². The second-order valence-electron chi connectivity index (χ2n) is 6.73. The third kappa shape index (κ3) is 5.44. The molecule has 0 atom stereocenters. The molecule has 7 nitrogen and oxygen atoms in total. The van der Waals surface area contributed by atoms with Gasteiger partial charge in [0.25, 0.3) is 5.91 Å². The molecule has 1 aromatic rings. The molecule has 1 saturated carbocycles. The van der Waals surface area contributed by atoms with Crippen molar-refractivity contribution < 1.29 is 14.4 Å². The highest BCUT2D eigenvalue weighted by Gasteiger charge is 2.25. The number of hydrogen-bond donors (Lipinski definition) is 2. The molecule has 2 fully saturated rings. The molecule has 1 aliphatic heterocycles. The van der Waals surface area contributed by atoms with Crippen LogP contribution in [0, 0.1) is 0 Å². The molecule has 140 valence electrons. The van der Waals surface area contributed by atoms with E-state index in [1.54, 1.807) is 29.2 Å². The number of carbonyl (C=O) groups is 3. The van der Waals surface area contributed by atoms with Crippen LogP contribution in [0.25, 0.3) is 0 Å². The lowest BCUT2D eigenvalue weighted by Crippen LogP contribution is -2.45. The Bertz CT molecular complexity index is 693. The number of nitrogens with zero attached hydrogens (tertiary/aromatic N) is 2. The van der Waals surface area contributed by atoms with Crippen LogP contribution in [0.15, 0.2) is 24.3 Å². The van der Waals surface area contributed by atoms with E-state index in [0.717, 1.165) is 19.3 Å². The van der Waals surface area contributed by atoms with Gasteiger partial charge < -0.3 is 10.2 Å². The van der Waals surface area contributed by atoms with Crippen LogP contribution in [0.5, 0.6) is 0 Å². The van der Waals surface area contributed by atoms with E-state index in [9.17, 15) is 14.4 Å². The van der Waals surface area contributed by atoms with Gasteiger partial charge in [-0.3, -0.25) is 19.8 Å². The average molecular weight is 379 g/mol. The number of benzene rings is 1. The van der Waals surface area contributed by atoms with Gasteiger partial charge in [0, 0.05) is 42.8 Å². The lowest BCUT2D eigenvalue weighted by Gasteiger charge is -2.21. The molecule has 26 heavy (non-hydrogen) atoms. The summed E-state index contributed by atoms with van der Waals surface area (Å²) in [5.74, 6) is -0.375. The smallest absolute Gasteiger partial charge is 0.321 e. The second kappa shape index (κ2) is 8.51. The molecule has 1 heterocycles. The Morgan fingerprint density at radius 2 is 1.92 bits per heavy atom. The topological polar surface area (TPSA) is 81.8 Å². The molecule has 4 amide bonds. The van der Waals surface area contributed by atoms with Gasteiger partial charge in [-0.2, -0.15) is 0 Å². The highest BCUT2D eigenvalue weighted by atomic mass is 35.5. The van der Waals surface area contributed by atoms with Crippen molar-refractivity contribution in [3.05, 3.63) is 34.9 Å². The summed E-state index contributed by atoms with van der Waals surface area (Å²) >= 11 is 5.96. The number of halogens is 1. The van der Waals surface area contributed by atoms with Crippen LogP contribution in [0.4, 0.5) is 4.79 Å². The third-order valence-electron chi connectivity index (χ3n) is 4.48. The van der Waals surface area contributed by atoms with Crippen molar-refractivity contribution in [3.8, 4) is 0 Å². The van der Waals surface area contributed by atoms with Crippen molar-refractivity contribution in [1.29, 1.82) is 0 Å². The first kappa shape index (κ1) is 18.7. The Morgan fingerprint density at radius 3 is 2.65 bits per heavy atom. The Balaban J connectivity index is 1.47. The summed E-state index contributed by atoms with van der Waals surface area (Å²) in [6.07, 6.45) is 2.72. The number of imide groups is 1. The van der Waals surface area contributed by atoms with Crippen molar-refractivity contribution in [1.82, 2.24) is 20.4 Å². The lowest BCUT2D eigenvalue weighted by molar-refractivity contribution is -0.121. The van der Waals surface area contributed by atoms with Crippen LogP contribution in [0.3, 0.4) is 0 Å². The maximum atomic E-state index is 12.6. The molecule has 1 aliphatic carbocycles. The first-order valence-electron chi connectivity index (χ1n) is 8.89. The summed E-state index contributed by atoms with van der Waals surface area (Å²) in [5, 5.41) is 5.62. The van der Waals surface area contributed by atoms with Crippen LogP contribution >= 0.6 is 11.6 Å². The number of hydrogen-bond acceptors (Lipinski definition) is 4. The fourth-order valence-electron chi connectivity index (χ4n) is 2.95. The van der Waals surface area contributed by atoms with E-state index >= 15 is 0 Å². The minimum Gasteiger partial charge on any atom is -0.337 e. The van der Waals surface area contributed by atoms with Gasteiger partial charge in [-0.1, -0.05) is 17.7 Å². The van der Waals surface area contributed by atoms with Crippen LogP contribution in [-0.2, 0) is 4.79 Å². The standard InChI is InChI=1S/C18H23ClN4O3/c19-14-4-1-3-13(11-14)17(25)23-8-2-7-22(9-10-23)12-16(24)21-18(26)20-15-5-6-15/h1,3-4,11,15H,2,5-10,12H2,(H2,20,21,24,26). The molecule has 3 rings (SSSR count). The van der Waals surface area contributed by atoms with E-state index in [4.69, 9.17) is 11.6 Å². The Hall–Kier alpha value is -2.12. The molecule has 0 unspecified atom stereocenters. The van der Waals surface area contributed by atoms with Crippen LogP contribution in [0.1, 0.15) is 29.6 Å². The minimum absolute atomic E-state index is 0.0531. The molecule has 1 aromatic carbocycles. The van der Waals surface area contributed by atoms with Gasteiger partial charge >= 0.3 is 6.03 Å². The zero-order valence-electron chi connectivity index (χ0n) is 14.5. The second-order valence-corrected chi connectivity index (χ2v) is 7.16. The SMILES string of the molecule is O=C(CN1CCCN(C(=O)c2cccc(Cl)c2)CC1)NC(=O)NC1CC1. The van der Waals surface area contributed by atoms with Crippen molar-refractivity contribution in [2.75, 3.05) is 32.7 Å². The zero-order valence-corrected chi connectivity index (χ0v) is 15.3. The number of amides is 4. The van der Waals surface area contributed by atoms with E-state index in [-0.39, 0.29) is 24.4 Å². The molecule has 0 radical (unpaired) electrons. The van der Waals surface area contributed by atoms with E-state index in [1.807, 2.05) is 4.90 Å². The first-order valence-corrected chi connectivity index (χ1v) is 9.26. The summed E-state index contributed by atoms with van der Waals surface area (Å²) in [6.45, 7) is 2.61.